The number of benzene rings is 2. The van der Waals surface area contributed by atoms with Crippen LogP contribution < -0.4 is 0 Å². The number of rotatable bonds is 11. The second-order valence-electron chi connectivity index (χ2n) is 17.0. The van der Waals surface area contributed by atoms with Crippen molar-refractivity contribution in [1.29, 1.82) is 0 Å². The number of fused-ring (bicyclic) bond motifs is 2. The Balaban J connectivity index is 0.000000252. The Morgan fingerprint density at radius 2 is 1.08 bits per heavy atom. The van der Waals surface area contributed by atoms with Crippen molar-refractivity contribution in [3.63, 3.8) is 0 Å². The first-order valence-corrected chi connectivity index (χ1v) is 26.2. The van der Waals surface area contributed by atoms with E-state index in [1.807, 2.05) is 36.8 Å². The van der Waals surface area contributed by atoms with E-state index < -0.39 is 18.4 Å². The molecule has 2 aromatic heterocycles. The predicted molar refractivity (Wildman–Crippen MR) is 246 cm³/mol. The zero-order chi connectivity index (χ0) is 47.4. The molecule has 0 saturated carbocycles. The van der Waals surface area contributed by atoms with Crippen LogP contribution in [0.25, 0.3) is 0 Å². The van der Waals surface area contributed by atoms with Crippen LogP contribution in [0, 0.1) is 38.5 Å². The Labute approximate surface area is 387 Å². The summed E-state index contributed by atoms with van der Waals surface area (Å²) in [7, 11) is 1.57. The summed E-state index contributed by atoms with van der Waals surface area (Å²) in [6.07, 6.45) is 2.32. The number of aryl methyl sites for hydroxylation is 2. The molecule has 2 aromatic carbocycles. The largest absolute Gasteiger partial charge is 0.465 e. The van der Waals surface area contributed by atoms with Crippen molar-refractivity contribution < 1.29 is 50.0 Å². The molecule has 4 aromatic rings. The highest BCUT2D eigenvalue weighted by Crippen LogP contribution is 2.46. The molecule has 2 aliphatic carbocycles. The lowest BCUT2D eigenvalue weighted by molar-refractivity contribution is -0.144. The van der Waals surface area contributed by atoms with Gasteiger partial charge in [0.25, 0.3) is 9.05 Å². The van der Waals surface area contributed by atoms with Crippen LogP contribution >= 0.6 is 44.9 Å². The third-order valence-corrected chi connectivity index (χ3v) is 14.3. The number of carbonyl (C=O) groups is 4. The standard InChI is InChI=1S/C22H26ClNO5S2.C22H27NO3S.ClHO3S/c1-6-29-19(26)12-24-14(3)21(20-15(24)10-22(4,5)11-16(20)25)30-17-8-7-13(2)9-18(17)31(23,27)28;1-6-26-19(25)13-23-15(3)21(27-16-9-7-14(2)8-10-16)20-17(23)11-22(4,5)12-18(20)24;1-5(2,3)4/h7-9H,6,10-12H2,1-5H3;7-10H,6,11-13H2,1-5H3;(H,2,3,4). The highest BCUT2D eigenvalue weighted by molar-refractivity contribution is 8.14. The number of hydrogen-bond donors (Lipinski definition) is 1. The van der Waals surface area contributed by atoms with Gasteiger partial charge in [0, 0.05) is 76.6 Å². The van der Waals surface area contributed by atoms with Crippen LogP contribution in [0.5, 0.6) is 0 Å². The minimum absolute atomic E-state index is 0.000483. The first-order valence-electron chi connectivity index (χ1n) is 20.0. The number of ether oxygens (including phenoxy) is 2. The third-order valence-electron chi connectivity index (χ3n) is 10.3. The first kappa shape index (κ1) is 52.0. The van der Waals surface area contributed by atoms with Crippen molar-refractivity contribution in [2.45, 2.75) is 132 Å². The summed E-state index contributed by atoms with van der Waals surface area (Å²) in [4.78, 5) is 53.7. The molecule has 6 rings (SSSR count). The normalized spacial score (nSPS) is 15.3. The molecule has 0 unspecified atom stereocenters. The Hall–Kier alpha value is -3.58. The number of ketones is 2. The lowest BCUT2D eigenvalue weighted by atomic mass is 9.76. The quantitative estimate of drug-likeness (QED) is 0.0851. The zero-order valence-electron chi connectivity index (χ0n) is 37.0. The van der Waals surface area contributed by atoms with Crippen LogP contribution in [0.15, 0.2) is 66.9 Å². The highest BCUT2D eigenvalue weighted by atomic mass is 35.7. The minimum atomic E-state index is -4.19. The van der Waals surface area contributed by atoms with Gasteiger partial charge in [0.1, 0.15) is 13.1 Å². The second kappa shape index (κ2) is 20.7. The van der Waals surface area contributed by atoms with E-state index in [4.69, 9.17) is 33.1 Å². The van der Waals surface area contributed by atoms with Crippen molar-refractivity contribution >= 4 is 86.8 Å². The van der Waals surface area contributed by atoms with Crippen molar-refractivity contribution in [3.8, 4) is 0 Å². The molecule has 0 atom stereocenters. The lowest BCUT2D eigenvalue weighted by Gasteiger charge is -2.30. The molecule has 344 valence electrons. The predicted octanol–water partition coefficient (Wildman–Crippen LogP) is 9.90. The van der Waals surface area contributed by atoms with Crippen LogP contribution in [0.2, 0.25) is 0 Å². The van der Waals surface area contributed by atoms with E-state index in [-0.39, 0.29) is 58.9 Å². The topological polar surface area (TPSA) is 185 Å². The number of nitrogens with zero attached hydrogens (tertiary/aromatic N) is 2. The molecule has 0 aliphatic heterocycles. The summed E-state index contributed by atoms with van der Waals surface area (Å²) < 4.78 is 63.6. The SMILES string of the molecule is CCOC(=O)Cn1c(C)c(Sc2ccc(C)cc2)c2c1CC(C)(C)CC2=O.CCOC(=O)Cn1c(C)c(Sc2ccc(C)cc2S(=O)(=O)Cl)c2c1CC(C)(C)CC2=O.O=S(=O)(O)Cl. The van der Waals surface area contributed by atoms with E-state index in [1.54, 1.807) is 44.7 Å². The van der Waals surface area contributed by atoms with Crippen molar-refractivity contribution in [3.05, 3.63) is 87.5 Å². The summed E-state index contributed by atoms with van der Waals surface area (Å²) in [5.41, 5.74) is 6.43. The van der Waals surface area contributed by atoms with Gasteiger partial charge in [-0.2, -0.15) is 8.42 Å². The number of carbonyl (C=O) groups excluding carboxylic acids is 4. The van der Waals surface area contributed by atoms with Gasteiger partial charge in [-0.25, -0.2) is 8.42 Å². The Morgan fingerprint density at radius 1 is 0.683 bits per heavy atom. The van der Waals surface area contributed by atoms with Crippen LogP contribution in [-0.4, -0.2) is 67.2 Å². The van der Waals surface area contributed by atoms with Crippen molar-refractivity contribution in [2.24, 2.45) is 10.8 Å². The van der Waals surface area contributed by atoms with Gasteiger partial charge in [0.05, 0.1) is 29.2 Å². The number of aromatic nitrogens is 2. The number of hydrogen-bond acceptors (Lipinski definition) is 12. The Bertz CT molecular complexity index is 2620. The van der Waals surface area contributed by atoms with E-state index in [2.05, 4.69) is 55.7 Å². The molecular weight excluding hydrogens is 932 g/mol. The monoisotopic (exact) mass is 984 g/mol. The molecule has 0 saturated heterocycles. The lowest BCUT2D eigenvalue weighted by Crippen LogP contribution is -2.29. The van der Waals surface area contributed by atoms with Crippen molar-refractivity contribution in [1.82, 2.24) is 9.13 Å². The maximum atomic E-state index is 13.1. The second-order valence-corrected chi connectivity index (χ2v) is 23.6. The third kappa shape index (κ3) is 14.0. The molecule has 2 heterocycles. The molecule has 1 N–H and O–H groups in total. The van der Waals surface area contributed by atoms with Gasteiger partial charge in [-0.05, 0) is 95.0 Å². The van der Waals surface area contributed by atoms with Crippen molar-refractivity contribution in [2.75, 3.05) is 13.2 Å². The van der Waals surface area contributed by atoms with E-state index in [1.165, 1.54) is 23.4 Å². The number of Topliss-reactive ketones (excluding diaryl/α,β-unsaturated/α-hetero) is 2. The van der Waals surface area contributed by atoms with Gasteiger partial charge in [-0.1, -0.05) is 75.0 Å². The summed E-state index contributed by atoms with van der Waals surface area (Å²) >= 11 is 2.81. The van der Waals surface area contributed by atoms with Gasteiger partial charge in [-0.15, -0.1) is 0 Å². The minimum Gasteiger partial charge on any atom is -0.465 e. The van der Waals surface area contributed by atoms with Crippen LogP contribution in [0.1, 0.15) is 109 Å². The summed E-state index contributed by atoms with van der Waals surface area (Å²) in [5.74, 6) is -0.486. The highest BCUT2D eigenvalue weighted by Gasteiger charge is 2.39. The fraction of sp³-hybridized carbons (Fsp3) is 0.455. The number of esters is 2. The van der Waals surface area contributed by atoms with E-state index in [0.29, 0.717) is 41.2 Å². The number of halogens is 2. The van der Waals surface area contributed by atoms with Gasteiger partial charge in [0.2, 0.25) is 0 Å². The first-order chi connectivity index (χ1) is 29.1. The molecule has 0 amide bonds. The smallest absolute Gasteiger partial charge is 0.353 e. The molecule has 2 aliphatic rings. The fourth-order valence-corrected chi connectivity index (χ4v) is 11.5. The van der Waals surface area contributed by atoms with E-state index >= 15 is 0 Å². The molecule has 19 heteroatoms. The molecule has 13 nitrogen and oxygen atoms in total. The van der Waals surface area contributed by atoms with Gasteiger partial charge >= 0.3 is 21.3 Å². The molecule has 63 heavy (non-hydrogen) atoms. The van der Waals surface area contributed by atoms with Crippen LogP contribution in [0.4, 0.5) is 0 Å². The molecule has 0 fully saturated rings. The molecule has 0 bridgehead atoms. The maximum Gasteiger partial charge on any atom is 0.353 e. The average molecular weight is 986 g/mol. The summed E-state index contributed by atoms with van der Waals surface area (Å²) in [6.45, 7) is 20.3. The van der Waals surface area contributed by atoms with Gasteiger partial charge < -0.3 is 18.6 Å². The van der Waals surface area contributed by atoms with E-state index in [0.717, 1.165) is 50.1 Å². The summed E-state index contributed by atoms with van der Waals surface area (Å²) in [6, 6.07) is 13.3. The van der Waals surface area contributed by atoms with Gasteiger partial charge in [0.15, 0.2) is 11.6 Å². The molecular formula is C44H54Cl2N2O11S4. The average Bonchev–Trinajstić information content (AvgIpc) is 3.53. The van der Waals surface area contributed by atoms with Crippen LogP contribution in [0.3, 0.4) is 0 Å². The molecule has 0 spiro atoms. The van der Waals surface area contributed by atoms with Crippen LogP contribution in [-0.2, 0) is 63.4 Å². The Kier molecular flexibility index (Phi) is 17.1. The summed E-state index contributed by atoms with van der Waals surface area (Å²) in [5, 5.41) is 0. The molecule has 0 radical (unpaired) electrons. The fourth-order valence-electron chi connectivity index (χ4n) is 7.64. The zero-order valence-corrected chi connectivity index (χ0v) is 41.8. The van der Waals surface area contributed by atoms with E-state index in [9.17, 15) is 27.6 Å². The maximum absolute atomic E-state index is 13.1. The van der Waals surface area contributed by atoms with Gasteiger partial charge in [-0.3, -0.25) is 23.7 Å². The Morgan fingerprint density at radius 3 is 1.48 bits per heavy atom.